The smallest absolute Gasteiger partial charge is 0.279 e. The average molecular weight is 356 g/mol. The Morgan fingerprint density at radius 2 is 2.00 bits per heavy atom. The van der Waals surface area contributed by atoms with E-state index in [0.29, 0.717) is 11.6 Å². The van der Waals surface area contributed by atoms with Crippen molar-refractivity contribution in [2.45, 2.75) is 46.6 Å². The van der Waals surface area contributed by atoms with E-state index in [1.807, 2.05) is 31.6 Å². The van der Waals surface area contributed by atoms with Crippen molar-refractivity contribution in [3.8, 4) is 11.3 Å². The molecule has 0 radical (unpaired) electrons. The van der Waals surface area contributed by atoms with E-state index in [-0.39, 0.29) is 17.6 Å². The summed E-state index contributed by atoms with van der Waals surface area (Å²) in [6.07, 6.45) is 3.58. The van der Waals surface area contributed by atoms with Crippen LogP contribution in [0, 0.1) is 13.8 Å². The van der Waals surface area contributed by atoms with Gasteiger partial charge >= 0.3 is 0 Å². The maximum atomic E-state index is 12.6. The van der Waals surface area contributed by atoms with Gasteiger partial charge in [-0.25, -0.2) is 4.68 Å². The highest BCUT2D eigenvalue weighted by atomic mass is 16.5. The molecule has 0 aliphatic heterocycles. The van der Waals surface area contributed by atoms with Gasteiger partial charge < -0.3 is 9.84 Å². The standard InChI is InChI=1S/C18H24N6O2/c1-6-13(7-2)24-17(8-11(3)21-24)20-18(25)15-9-16(26-22-15)14-10-19-23(5)12(14)4/h8-10,13H,6-7H2,1-5H3,(H,20,25). The van der Waals surface area contributed by atoms with E-state index in [2.05, 4.69) is 34.5 Å². The van der Waals surface area contributed by atoms with E-state index in [4.69, 9.17) is 4.52 Å². The molecule has 1 amide bonds. The van der Waals surface area contributed by atoms with Gasteiger partial charge in [0, 0.05) is 24.9 Å². The SMILES string of the molecule is CCC(CC)n1nc(C)cc1NC(=O)c1cc(-c2cnn(C)c2C)on1. The summed E-state index contributed by atoms with van der Waals surface area (Å²) in [4.78, 5) is 12.6. The number of aromatic nitrogens is 5. The second-order valence-corrected chi connectivity index (χ2v) is 6.38. The van der Waals surface area contributed by atoms with Crippen molar-refractivity contribution in [1.82, 2.24) is 24.7 Å². The van der Waals surface area contributed by atoms with Gasteiger partial charge in [-0.1, -0.05) is 19.0 Å². The molecule has 0 saturated carbocycles. The van der Waals surface area contributed by atoms with Gasteiger partial charge in [0.15, 0.2) is 11.5 Å². The molecule has 8 nitrogen and oxygen atoms in total. The van der Waals surface area contributed by atoms with Crippen molar-refractivity contribution in [1.29, 1.82) is 0 Å². The first kappa shape index (κ1) is 17.9. The van der Waals surface area contributed by atoms with E-state index in [1.54, 1.807) is 16.9 Å². The van der Waals surface area contributed by atoms with Crippen LogP contribution < -0.4 is 5.32 Å². The molecule has 8 heteroatoms. The zero-order chi connectivity index (χ0) is 18.8. The monoisotopic (exact) mass is 356 g/mol. The number of hydrogen-bond acceptors (Lipinski definition) is 5. The maximum Gasteiger partial charge on any atom is 0.279 e. The molecule has 0 atom stereocenters. The molecule has 3 heterocycles. The number of carbonyl (C=O) groups is 1. The third-order valence-electron chi connectivity index (χ3n) is 4.63. The van der Waals surface area contributed by atoms with Crippen LogP contribution >= 0.6 is 0 Å². The minimum absolute atomic E-state index is 0.221. The number of hydrogen-bond donors (Lipinski definition) is 1. The Kier molecular flexibility index (Phi) is 4.92. The van der Waals surface area contributed by atoms with Crippen molar-refractivity contribution in [2.24, 2.45) is 7.05 Å². The van der Waals surface area contributed by atoms with Crippen LogP contribution in [0.1, 0.15) is 54.6 Å². The zero-order valence-electron chi connectivity index (χ0n) is 15.8. The molecule has 3 rings (SSSR count). The number of aryl methyl sites for hydroxylation is 2. The second kappa shape index (κ2) is 7.15. The fourth-order valence-electron chi connectivity index (χ4n) is 2.95. The summed E-state index contributed by atoms with van der Waals surface area (Å²) < 4.78 is 8.96. The predicted octanol–water partition coefficient (Wildman–Crippen LogP) is 3.50. The fourth-order valence-corrected chi connectivity index (χ4v) is 2.95. The van der Waals surface area contributed by atoms with E-state index in [1.165, 1.54) is 0 Å². The molecule has 0 aromatic carbocycles. The first-order chi connectivity index (χ1) is 12.4. The zero-order valence-corrected chi connectivity index (χ0v) is 15.8. The number of nitrogens with one attached hydrogen (secondary N) is 1. The third kappa shape index (κ3) is 3.26. The summed E-state index contributed by atoms with van der Waals surface area (Å²) in [6, 6.07) is 3.73. The average Bonchev–Trinajstić information content (AvgIpc) is 3.30. The van der Waals surface area contributed by atoms with Gasteiger partial charge in [0.25, 0.3) is 5.91 Å². The number of rotatable bonds is 6. The van der Waals surface area contributed by atoms with Crippen molar-refractivity contribution in [2.75, 3.05) is 5.32 Å². The normalized spacial score (nSPS) is 11.3. The molecule has 3 aromatic heterocycles. The van der Waals surface area contributed by atoms with Gasteiger partial charge in [-0.2, -0.15) is 10.2 Å². The van der Waals surface area contributed by atoms with E-state index in [9.17, 15) is 4.79 Å². The summed E-state index contributed by atoms with van der Waals surface area (Å²) in [5.74, 6) is 0.863. The Bertz CT molecular complexity index is 916. The van der Waals surface area contributed by atoms with Crippen LogP contribution in [-0.2, 0) is 7.05 Å². The number of amides is 1. The topological polar surface area (TPSA) is 90.8 Å². The van der Waals surface area contributed by atoms with E-state index in [0.717, 1.165) is 29.8 Å². The largest absolute Gasteiger partial charge is 0.355 e. The van der Waals surface area contributed by atoms with Gasteiger partial charge in [0.05, 0.1) is 23.5 Å². The van der Waals surface area contributed by atoms with Crippen LogP contribution in [0.2, 0.25) is 0 Å². The quantitative estimate of drug-likeness (QED) is 0.730. The minimum atomic E-state index is -0.325. The molecule has 26 heavy (non-hydrogen) atoms. The number of anilines is 1. The summed E-state index contributed by atoms with van der Waals surface area (Å²) in [7, 11) is 1.85. The predicted molar refractivity (Wildman–Crippen MR) is 98.0 cm³/mol. The lowest BCUT2D eigenvalue weighted by molar-refractivity contribution is 0.101. The van der Waals surface area contributed by atoms with Gasteiger partial charge in [-0.15, -0.1) is 0 Å². The summed E-state index contributed by atoms with van der Waals surface area (Å²) in [5, 5.41) is 15.5. The Morgan fingerprint density at radius 3 is 2.62 bits per heavy atom. The van der Waals surface area contributed by atoms with Crippen LogP contribution in [0.15, 0.2) is 22.9 Å². The van der Waals surface area contributed by atoms with Gasteiger partial charge in [0.1, 0.15) is 5.82 Å². The Balaban J connectivity index is 1.83. The molecule has 0 saturated heterocycles. The molecule has 0 aliphatic carbocycles. The molecule has 0 bridgehead atoms. The Labute approximate surface area is 152 Å². The lowest BCUT2D eigenvalue weighted by atomic mass is 10.2. The molecule has 0 aliphatic rings. The molecule has 138 valence electrons. The fraction of sp³-hybridized carbons (Fsp3) is 0.444. The van der Waals surface area contributed by atoms with Gasteiger partial charge in [-0.05, 0) is 26.7 Å². The molecule has 1 N–H and O–H groups in total. The van der Waals surface area contributed by atoms with Crippen LogP contribution in [-0.4, -0.2) is 30.6 Å². The van der Waals surface area contributed by atoms with Crippen LogP contribution in [0.3, 0.4) is 0 Å². The highest BCUT2D eigenvalue weighted by molar-refractivity contribution is 6.02. The van der Waals surface area contributed by atoms with Gasteiger partial charge in [-0.3, -0.25) is 9.48 Å². The third-order valence-corrected chi connectivity index (χ3v) is 4.63. The van der Waals surface area contributed by atoms with Crippen LogP contribution in [0.4, 0.5) is 5.82 Å². The van der Waals surface area contributed by atoms with E-state index >= 15 is 0 Å². The molecule has 0 unspecified atom stereocenters. The van der Waals surface area contributed by atoms with Gasteiger partial charge in [0.2, 0.25) is 0 Å². The Morgan fingerprint density at radius 1 is 1.27 bits per heavy atom. The number of nitrogens with zero attached hydrogens (tertiary/aromatic N) is 5. The highest BCUT2D eigenvalue weighted by Crippen LogP contribution is 2.25. The second-order valence-electron chi connectivity index (χ2n) is 6.38. The van der Waals surface area contributed by atoms with Crippen molar-refractivity contribution in [3.63, 3.8) is 0 Å². The molecule has 0 fully saturated rings. The minimum Gasteiger partial charge on any atom is -0.355 e. The first-order valence-corrected chi connectivity index (χ1v) is 8.77. The molecular formula is C18H24N6O2. The van der Waals surface area contributed by atoms with Crippen LogP contribution in [0.25, 0.3) is 11.3 Å². The first-order valence-electron chi connectivity index (χ1n) is 8.77. The lowest BCUT2D eigenvalue weighted by Gasteiger charge is -2.16. The molecular weight excluding hydrogens is 332 g/mol. The van der Waals surface area contributed by atoms with E-state index < -0.39 is 0 Å². The summed E-state index contributed by atoms with van der Waals surface area (Å²) in [5.41, 5.74) is 2.84. The highest BCUT2D eigenvalue weighted by Gasteiger charge is 2.20. The lowest BCUT2D eigenvalue weighted by Crippen LogP contribution is -2.18. The summed E-state index contributed by atoms with van der Waals surface area (Å²) >= 11 is 0. The molecule has 0 spiro atoms. The summed E-state index contributed by atoms with van der Waals surface area (Å²) in [6.45, 7) is 8.06. The Hall–Kier alpha value is -2.90. The van der Waals surface area contributed by atoms with Crippen LogP contribution in [0.5, 0.6) is 0 Å². The molecule has 3 aromatic rings. The maximum absolute atomic E-state index is 12.6. The van der Waals surface area contributed by atoms with Crippen molar-refractivity contribution < 1.29 is 9.32 Å². The van der Waals surface area contributed by atoms with Crippen molar-refractivity contribution >= 4 is 11.7 Å². The number of carbonyl (C=O) groups excluding carboxylic acids is 1. The van der Waals surface area contributed by atoms with Crippen molar-refractivity contribution in [3.05, 3.63) is 35.4 Å².